The first-order valence-electron chi connectivity index (χ1n) is 8.30. The number of anilines is 1. The third kappa shape index (κ3) is 4.27. The Morgan fingerprint density at radius 1 is 0.840 bits per heavy atom. The van der Waals surface area contributed by atoms with E-state index in [2.05, 4.69) is 29.6 Å². The molecule has 0 aromatic heterocycles. The average molecular weight is 331 g/mol. The summed E-state index contributed by atoms with van der Waals surface area (Å²) in [6.45, 7) is 0. The number of para-hydroxylation sites is 2. The van der Waals surface area contributed by atoms with Crippen LogP contribution in [0.15, 0.2) is 84.9 Å². The van der Waals surface area contributed by atoms with Gasteiger partial charge in [0.05, 0.1) is 12.8 Å². The Bertz CT molecular complexity index is 776. The number of hydrogen-bond acceptors (Lipinski definition) is 2. The molecule has 0 unspecified atom stereocenters. The van der Waals surface area contributed by atoms with E-state index in [1.165, 1.54) is 0 Å². The first-order chi connectivity index (χ1) is 12.3. The topological polar surface area (TPSA) is 38.3 Å². The number of carbonyl (C=O) groups is 1. The minimum Gasteiger partial charge on any atom is -0.495 e. The predicted octanol–water partition coefficient (Wildman–Crippen LogP) is 4.86. The van der Waals surface area contributed by atoms with Gasteiger partial charge in [0.2, 0.25) is 5.91 Å². The number of hydrogen-bond donors (Lipinski definition) is 1. The number of methoxy groups -OCH3 is 1. The summed E-state index contributed by atoms with van der Waals surface area (Å²) < 4.78 is 5.31. The molecule has 0 bridgehead atoms. The van der Waals surface area contributed by atoms with E-state index in [1.54, 1.807) is 7.11 Å². The van der Waals surface area contributed by atoms with E-state index >= 15 is 0 Å². The smallest absolute Gasteiger partial charge is 0.225 e. The van der Waals surface area contributed by atoms with E-state index in [4.69, 9.17) is 4.74 Å². The van der Waals surface area contributed by atoms with Crippen molar-refractivity contribution in [1.82, 2.24) is 0 Å². The van der Waals surface area contributed by atoms with E-state index in [0.717, 1.165) is 11.1 Å². The van der Waals surface area contributed by atoms with E-state index in [9.17, 15) is 4.79 Å². The Morgan fingerprint density at radius 3 is 1.92 bits per heavy atom. The maximum atomic E-state index is 12.7. The number of amides is 1. The van der Waals surface area contributed by atoms with Gasteiger partial charge in [0.25, 0.3) is 0 Å². The van der Waals surface area contributed by atoms with Crippen LogP contribution < -0.4 is 10.1 Å². The van der Waals surface area contributed by atoms with Crippen molar-refractivity contribution in [3.8, 4) is 5.75 Å². The van der Waals surface area contributed by atoms with Gasteiger partial charge in [-0.15, -0.1) is 0 Å². The third-order valence-electron chi connectivity index (χ3n) is 4.17. The van der Waals surface area contributed by atoms with Crippen LogP contribution in [0.25, 0.3) is 0 Å². The monoisotopic (exact) mass is 331 g/mol. The molecule has 0 radical (unpaired) electrons. The summed E-state index contributed by atoms with van der Waals surface area (Å²) in [6, 6.07) is 27.7. The van der Waals surface area contributed by atoms with Gasteiger partial charge < -0.3 is 10.1 Å². The number of ether oxygens (including phenoxy) is 1. The maximum absolute atomic E-state index is 12.7. The number of carbonyl (C=O) groups excluding carboxylic acids is 1. The van der Waals surface area contributed by atoms with Crippen molar-refractivity contribution in [2.45, 2.75) is 12.3 Å². The molecule has 0 saturated heterocycles. The molecule has 0 aliphatic carbocycles. The SMILES string of the molecule is COc1ccccc1NC(=O)CC(c1ccccc1)c1ccccc1. The van der Waals surface area contributed by atoms with Gasteiger partial charge in [-0.1, -0.05) is 72.8 Å². The summed E-state index contributed by atoms with van der Waals surface area (Å²) in [4.78, 5) is 12.7. The van der Waals surface area contributed by atoms with Crippen molar-refractivity contribution in [3.63, 3.8) is 0 Å². The van der Waals surface area contributed by atoms with Crippen LogP contribution in [0.2, 0.25) is 0 Å². The lowest BCUT2D eigenvalue weighted by Gasteiger charge is -2.18. The van der Waals surface area contributed by atoms with Gasteiger partial charge in [0.1, 0.15) is 5.75 Å². The highest BCUT2D eigenvalue weighted by Gasteiger charge is 2.18. The van der Waals surface area contributed by atoms with Crippen molar-refractivity contribution in [2.75, 3.05) is 12.4 Å². The Hall–Kier alpha value is -3.07. The molecule has 3 heteroatoms. The molecule has 25 heavy (non-hydrogen) atoms. The van der Waals surface area contributed by atoms with Gasteiger partial charge in [0, 0.05) is 12.3 Å². The second kappa shape index (κ2) is 8.15. The predicted molar refractivity (Wildman–Crippen MR) is 101 cm³/mol. The average Bonchev–Trinajstić information content (AvgIpc) is 2.68. The van der Waals surface area contributed by atoms with Gasteiger partial charge in [-0.05, 0) is 23.3 Å². The normalized spacial score (nSPS) is 10.5. The molecule has 0 aliphatic rings. The standard InChI is InChI=1S/C22H21NO2/c1-25-21-15-9-8-14-20(21)23-22(24)16-19(17-10-4-2-5-11-17)18-12-6-3-7-13-18/h2-15,19H,16H2,1H3,(H,23,24). The third-order valence-corrected chi connectivity index (χ3v) is 4.17. The molecule has 126 valence electrons. The molecule has 0 atom stereocenters. The molecular formula is C22H21NO2. The highest BCUT2D eigenvalue weighted by molar-refractivity contribution is 5.93. The molecule has 0 heterocycles. The fraction of sp³-hybridized carbons (Fsp3) is 0.136. The highest BCUT2D eigenvalue weighted by atomic mass is 16.5. The fourth-order valence-electron chi connectivity index (χ4n) is 2.93. The fourth-order valence-corrected chi connectivity index (χ4v) is 2.93. The molecule has 0 saturated carbocycles. The van der Waals surface area contributed by atoms with Crippen LogP contribution in [0, 0.1) is 0 Å². The van der Waals surface area contributed by atoms with Crippen LogP contribution in [-0.2, 0) is 4.79 Å². The van der Waals surface area contributed by atoms with Crippen LogP contribution in [0.3, 0.4) is 0 Å². The molecule has 0 fully saturated rings. The molecule has 3 nitrogen and oxygen atoms in total. The summed E-state index contributed by atoms with van der Waals surface area (Å²) in [6.07, 6.45) is 0.367. The summed E-state index contributed by atoms with van der Waals surface area (Å²) in [5.41, 5.74) is 2.95. The van der Waals surface area contributed by atoms with Crippen LogP contribution in [0.1, 0.15) is 23.5 Å². The van der Waals surface area contributed by atoms with Crippen molar-refractivity contribution in [3.05, 3.63) is 96.1 Å². The number of rotatable bonds is 6. The zero-order valence-electron chi connectivity index (χ0n) is 14.2. The van der Waals surface area contributed by atoms with Gasteiger partial charge >= 0.3 is 0 Å². The Kier molecular flexibility index (Phi) is 5.47. The van der Waals surface area contributed by atoms with Crippen molar-refractivity contribution >= 4 is 11.6 Å². The Labute approximate surface area is 148 Å². The van der Waals surface area contributed by atoms with Gasteiger partial charge in [-0.25, -0.2) is 0 Å². The molecule has 3 aromatic rings. The molecule has 0 aliphatic heterocycles. The minimum atomic E-state index is -0.0396. The summed E-state index contributed by atoms with van der Waals surface area (Å²) in [5.74, 6) is 0.631. The molecular weight excluding hydrogens is 310 g/mol. The van der Waals surface area contributed by atoms with Crippen molar-refractivity contribution < 1.29 is 9.53 Å². The largest absolute Gasteiger partial charge is 0.495 e. The number of benzene rings is 3. The second-order valence-corrected chi connectivity index (χ2v) is 5.83. The van der Waals surface area contributed by atoms with E-state index < -0.39 is 0 Å². The van der Waals surface area contributed by atoms with Gasteiger partial charge in [-0.2, -0.15) is 0 Å². The zero-order chi connectivity index (χ0) is 17.5. The Morgan fingerprint density at radius 2 is 1.36 bits per heavy atom. The van der Waals surface area contributed by atoms with E-state index in [-0.39, 0.29) is 11.8 Å². The lowest BCUT2D eigenvalue weighted by molar-refractivity contribution is -0.116. The van der Waals surface area contributed by atoms with Crippen LogP contribution in [-0.4, -0.2) is 13.0 Å². The summed E-state index contributed by atoms with van der Waals surface area (Å²) in [7, 11) is 1.60. The van der Waals surface area contributed by atoms with Crippen molar-refractivity contribution in [1.29, 1.82) is 0 Å². The van der Waals surface area contributed by atoms with Crippen molar-refractivity contribution in [2.24, 2.45) is 0 Å². The number of nitrogens with one attached hydrogen (secondary N) is 1. The van der Waals surface area contributed by atoms with Gasteiger partial charge in [0.15, 0.2) is 0 Å². The Balaban J connectivity index is 1.82. The molecule has 1 N–H and O–H groups in total. The first kappa shape index (κ1) is 16.8. The first-order valence-corrected chi connectivity index (χ1v) is 8.30. The minimum absolute atomic E-state index is 0.0112. The lowest BCUT2D eigenvalue weighted by Crippen LogP contribution is -2.17. The second-order valence-electron chi connectivity index (χ2n) is 5.83. The lowest BCUT2D eigenvalue weighted by atomic mass is 9.88. The van der Waals surface area contributed by atoms with Gasteiger partial charge in [-0.3, -0.25) is 4.79 Å². The summed E-state index contributed by atoms with van der Waals surface area (Å²) >= 11 is 0. The molecule has 3 aromatic carbocycles. The summed E-state index contributed by atoms with van der Waals surface area (Å²) in [5, 5.41) is 2.97. The van der Waals surface area contributed by atoms with Crippen LogP contribution >= 0.6 is 0 Å². The molecule has 1 amide bonds. The van der Waals surface area contributed by atoms with E-state index in [1.807, 2.05) is 60.7 Å². The zero-order valence-corrected chi connectivity index (χ0v) is 14.2. The molecule has 0 spiro atoms. The van der Waals surface area contributed by atoms with E-state index in [0.29, 0.717) is 17.9 Å². The maximum Gasteiger partial charge on any atom is 0.225 e. The molecule has 3 rings (SSSR count). The quantitative estimate of drug-likeness (QED) is 0.701. The van der Waals surface area contributed by atoms with Crippen LogP contribution in [0.5, 0.6) is 5.75 Å². The van der Waals surface area contributed by atoms with Crippen LogP contribution in [0.4, 0.5) is 5.69 Å². The highest BCUT2D eigenvalue weighted by Crippen LogP contribution is 2.29.